The first-order valence-corrected chi connectivity index (χ1v) is 6.61. The topological polar surface area (TPSA) is 47.6 Å². The molecule has 0 saturated carbocycles. The summed E-state index contributed by atoms with van der Waals surface area (Å²) in [5.41, 5.74) is 0.473. The second kappa shape index (κ2) is 7.04. The first-order chi connectivity index (χ1) is 10.9. The molecular weight excluding hydrogens is 311 g/mol. The molecule has 0 heterocycles. The highest BCUT2D eigenvalue weighted by Crippen LogP contribution is 2.33. The molecule has 0 bridgehead atoms. The summed E-state index contributed by atoms with van der Waals surface area (Å²) in [5.74, 6) is -1.59. The van der Waals surface area contributed by atoms with Gasteiger partial charge < -0.3 is 14.8 Å². The van der Waals surface area contributed by atoms with Crippen molar-refractivity contribution in [1.29, 1.82) is 0 Å². The van der Waals surface area contributed by atoms with Crippen molar-refractivity contribution in [2.24, 2.45) is 0 Å². The summed E-state index contributed by atoms with van der Waals surface area (Å²) in [6.07, 6.45) is 0. The zero-order valence-corrected chi connectivity index (χ0v) is 12.4. The maximum Gasteiger partial charge on any atom is 0.387 e. The Bertz CT molecular complexity index is 720. The van der Waals surface area contributed by atoms with Gasteiger partial charge in [-0.1, -0.05) is 12.1 Å². The average molecular weight is 325 g/mol. The minimum Gasteiger partial charge on any atom is -0.493 e. The summed E-state index contributed by atoms with van der Waals surface area (Å²) in [6, 6.07) is 8.29. The molecule has 0 aliphatic carbocycles. The van der Waals surface area contributed by atoms with E-state index in [-0.39, 0.29) is 22.7 Å². The third-order valence-corrected chi connectivity index (χ3v) is 3.08. The highest BCUT2D eigenvalue weighted by atomic mass is 19.3. The summed E-state index contributed by atoms with van der Waals surface area (Å²) in [6.45, 7) is -1.54. The van der Waals surface area contributed by atoms with Crippen molar-refractivity contribution >= 4 is 11.6 Å². The highest BCUT2D eigenvalue weighted by Gasteiger charge is 2.20. The van der Waals surface area contributed by atoms with Crippen LogP contribution in [0.1, 0.15) is 15.9 Å². The Balaban J connectivity index is 2.32. The lowest BCUT2D eigenvalue weighted by molar-refractivity contribution is -0.0515. The van der Waals surface area contributed by atoms with E-state index in [1.54, 1.807) is 6.92 Å². The fourth-order valence-electron chi connectivity index (χ4n) is 1.94. The first-order valence-electron chi connectivity index (χ1n) is 6.61. The van der Waals surface area contributed by atoms with Crippen LogP contribution < -0.4 is 14.8 Å². The minimum atomic E-state index is -3.12. The number of aryl methyl sites for hydroxylation is 1. The fraction of sp³-hybridized carbons (Fsp3) is 0.188. The molecule has 0 spiro atoms. The second-order valence-corrected chi connectivity index (χ2v) is 4.63. The Morgan fingerprint density at radius 3 is 2.57 bits per heavy atom. The van der Waals surface area contributed by atoms with E-state index in [2.05, 4.69) is 10.1 Å². The van der Waals surface area contributed by atoms with E-state index in [0.29, 0.717) is 5.56 Å². The van der Waals surface area contributed by atoms with E-state index in [1.165, 1.54) is 37.4 Å². The van der Waals surface area contributed by atoms with Crippen molar-refractivity contribution in [3.63, 3.8) is 0 Å². The highest BCUT2D eigenvalue weighted by molar-refractivity contribution is 6.06. The minimum absolute atomic E-state index is 0.00645. The van der Waals surface area contributed by atoms with Crippen molar-refractivity contribution in [3.8, 4) is 11.5 Å². The van der Waals surface area contributed by atoms with Crippen molar-refractivity contribution in [3.05, 3.63) is 53.3 Å². The molecule has 2 rings (SSSR count). The molecule has 2 aromatic carbocycles. The van der Waals surface area contributed by atoms with E-state index < -0.39 is 18.3 Å². The van der Waals surface area contributed by atoms with Gasteiger partial charge >= 0.3 is 6.61 Å². The van der Waals surface area contributed by atoms with Crippen LogP contribution in [0.5, 0.6) is 11.5 Å². The van der Waals surface area contributed by atoms with E-state index in [4.69, 9.17) is 4.74 Å². The predicted octanol–water partition coefficient (Wildman–Crippen LogP) is 4.00. The maximum absolute atomic E-state index is 13.5. The Morgan fingerprint density at radius 2 is 1.96 bits per heavy atom. The molecule has 0 aliphatic rings. The average Bonchev–Trinajstić information content (AvgIpc) is 2.50. The van der Waals surface area contributed by atoms with Crippen molar-refractivity contribution < 1.29 is 27.4 Å². The molecule has 1 amide bonds. The van der Waals surface area contributed by atoms with E-state index >= 15 is 0 Å². The Kier molecular flexibility index (Phi) is 5.10. The number of halogens is 3. The van der Waals surface area contributed by atoms with Gasteiger partial charge in [0.15, 0.2) is 11.5 Å². The normalized spacial score (nSPS) is 10.5. The van der Waals surface area contributed by atoms with Gasteiger partial charge in [0.05, 0.1) is 12.7 Å². The molecule has 0 radical (unpaired) electrons. The van der Waals surface area contributed by atoms with Gasteiger partial charge in [-0.05, 0) is 36.8 Å². The molecule has 0 aliphatic heterocycles. The summed E-state index contributed by atoms with van der Waals surface area (Å²) >= 11 is 0. The fourth-order valence-corrected chi connectivity index (χ4v) is 1.94. The molecule has 23 heavy (non-hydrogen) atoms. The smallest absolute Gasteiger partial charge is 0.387 e. The van der Waals surface area contributed by atoms with Gasteiger partial charge in [-0.2, -0.15) is 8.78 Å². The van der Waals surface area contributed by atoms with Crippen LogP contribution in [0.3, 0.4) is 0 Å². The number of rotatable bonds is 5. The zero-order valence-electron chi connectivity index (χ0n) is 12.4. The van der Waals surface area contributed by atoms with Crippen LogP contribution in [-0.2, 0) is 0 Å². The number of methoxy groups -OCH3 is 1. The van der Waals surface area contributed by atoms with Gasteiger partial charge in [-0.25, -0.2) is 4.39 Å². The monoisotopic (exact) mass is 325 g/mol. The molecule has 122 valence electrons. The molecule has 0 unspecified atom stereocenters. The number of alkyl halides is 2. The summed E-state index contributed by atoms with van der Waals surface area (Å²) in [5, 5.41) is 2.43. The van der Waals surface area contributed by atoms with Gasteiger partial charge in [-0.3, -0.25) is 4.79 Å². The molecule has 0 atom stereocenters. The lowest BCUT2D eigenvalue weighted by Gasteiger charge is -2.14. The number of benzene rings is 2. The Hall–Kier alpha value is -2.70. The number of hydrogen-bond donors (Lipinski definition) is 1. The maximum atomic E-state index is 13.5. The van der Waals surface area contributed by atoms with Crippen LogP contribution in [0.15, 0.2) is 36.4 Å². The van der Waals surface area contributed by atoms with E-state index in [0.717, 1.165) is 6.07 Å². The number of carbonyl (C=O) groups excluding carboxylic acids is 1. The van der Waals surface area contributed by atoms with Crippen LogP contribution >= 0.6 is 0 Å². The van der Waals surface area contributed by atoms with Crippen LogP contribution in [-0.4, -0.2) is 19.6 Å². The number of para-hydroxylation sites is 1. The first kappa shape index (κ1) is 16.7. The van der Waals surface area contributed by atoms with Gasteiger partial charge in [0.25, 0.3) is 5.91 Å². The summed E-state index contributed by atoms with van der Waals surface area (Å²) in [4.78, 5) is 12.3. The number of carbonyl (C=O) groups is 1. The SMILES string of the molecule is COc1cccc(C(=O)Nc2ccc(C)c(F)c2)c1OC(F)F. The van der Waals surface area contributed by atoms with Gasteiger partial charge in [0.2, 0.25) is 0 Å². The quantitative estimate of drug-likeness (QED) is 0.904. The molecule has 7 heteroatoms. The van der Waals surface area contributed by atoms with Crippen LogP contribution in [0.4, 0.5) is 18.9 Å². The lowest BCUT2D eigenvalue weighted by atomic mass is 10.1. The van der Waals surface area contributed by atoms with Crippen molar-refractivity contribution in [2.45, 2.75) is 13.5 Å². The molecule has 0 saturated heterocycles. The predicted molar refractivity (Wildman–Crippen MR) is 78.7 cm³/mol. The molecule has 2 aromatic rings. The molecule has 0 fully saturated rings. The van der Waals surface area contributed by atoms with Gasteiger partial charge in [0.1, 0.15) is 5.82 Å². The largest absolute Gasteiger partial charge is 0.493 e. The molecular formula is C16H14F3NO3. The van der Waals surface area contributed by atoms with Crippen LogP contribution in [0, 0.1) is 12.7 Å². The van der Waals surface area contributed by atoms with Gasteiger partial charge in [0, 0.05) is 5.69 Å². The van der Waals surface area contributed by atoms with Crippen LogP contribution in [0.25, 0.3) is 0 Å². The number of anilines is 1. The molecule has 0 aromatic heterocycles. The standard InChI is InChI=1S/C16H14F3NO3/c1-9-6-7-10(8-12(9)17)20-15(21)11-4-3-5-13(22-2)14(11)23-16(18)19/h3-8,16H,1-2H3,(H,20,21). The summed E-state index contributed by atoms with van der Waals surface area (Å²) < 4.78 is 47.9. The van der Waals surface area contributed by atoms with Crippen LogP contribution in [0.2, 0.25) is 0 Å². The van der Waals surface area contributed by atoms with Gasteiger partial charge in [-0.15, -0.1) is 0 Å². The second-order valence-electron chi connectivity index (χ2n) is 4.63. The summed E-state index contributed by atoms with van der Waals surface area (Å²) in [7, 11) is 1.27. The van der Waals surface area contributed by atoms with Crippen molar-refractivity contribution in [2.75, 3.05) is 12.4 Å². The number of hydrogen-bond acceptors (Lipinski definition) is 3. The Morgan fingerprint density at radius 1 is 1.22 bits per heavy atom. The molecule has 1 N–H and O–H groups in total. The Labute approximate surface area is 130 Å². The number of nitrogens with one attached hydrogen (secondary N) is 1. The van der Waals surface area contributed by atoms with E-state index in [1.807, 2.05) is 0 Å². The van der Waals surface area contributed by atoms with Crippen molar-refractivity contribution in [1.82, 2.24) is 0 Å². The third kappa shape index (κ3) is 3.94. The number of ether oxygens (including phenoxy) is 2. The van der Waals surface area contributed by atoms with E-state index in [9.17, 15) is 18.0 Å². The molecule has 4 nitrogen and oxygen atoms in total. The lowest BCUT2D eigenvalue weighted by Crippen LogP contribution is -2.15. The zero-order chi connectivity index (χ0) is 17.0. The number of amides is 1. The third-order valence-electron chi connectivity index (χ3n) is 3.08.